The zero-order valence-electron chi connectivity index (χ0n) is 16.8. The second-order valence-electron chi connectivity index (χ2n) is 7.61. The number of anilines is 2. The van der Waals surface area contributed by atoms with E-state index in [1.54, 1.807) is 24.3 Å². The summed E-state index contributed by atoms with van der Waals surface area (Å²) in [5.41, 5.74) is 1.40. The summed E-state index contributed by atoms with van der Waals surface area (Å²) in [5.74, 6) is -4.99. The van der Waals surface area contributed by atoms with Gasteiger partial charge in [0.05, 0.1) is 11.9 Å². The molecule has 1 aromatic carbocycles. The molecule has 0 aliphatic heterocycles. The van der Waals surface area contributed by atoms with Crippen LogP contribution in [0, 0.1) is 11.7 Å². The van der Waals surface area contributed by atoms with Crippen LogP contribution in [0.5, 0.6) is 0 Å². The number of hydrogen-bond acceptors (Lipinski definition) is 4. The Bertz CT molecular complexity index is 1170. The quantitative estimate of drug-likeness (QED) is 0.591. The fraction of sp³-hybridized carbons (Fsp3) is 0.217. The minimum atomic E-state index is -2.83. The van der Waals surface area contributed by atoms with E-state index < -0.39 is 35.9 Å². The number of halogens is 3. The third-order valence-corrected chi connectivity index (χ3v) is 5.23. The van der Waals surface area contributed by atoms with Crippen LogP contribution in [0.3, 0.4) is 0 Å². The summed E-state index contributed by atoms with van der Waals surface area (Å²) in [6, 6.07) is 10.6. The Hall–Kier alpha value is -3.75. The molecular weight excluding hydrogens is 421 g/mol. The van der Waals surface area contributed by atoms with Gasteiger partial charge in [-0.3, -0.25) is 14.6 Å². The number of rotatable bonds is 5. The molecule has 0 bridgehead atoms. The highest BCUT2D eigenvalue weighted by Gasteiger charge is 2.42. The molecule has 1 saturated carbocycles. The molecule has 0 radical (unpaired) electrons. The Morgan fingerprint density at radius 2 is 1.88 bits per heavy atom. The number of alkyl halides is 2. The zero-order chi connectivity index (χ0) is 22.7. The van der Waals surface area contributed by atoms with E-state index in [1.807, 2.05) is 0 Å². The topological polar surface area (TPSA) is 84.0 Å². The highest BCUT2D eigenvalue weighted by Crippen LogP contribution is 2.39. The minimum absolute atomic E-state index is 0.0936. The van der Waals surface area contributed by atoms with Gasteiger partial charge in [-0.25, -0.2) is 18.2 Å². The van der Waals surface area contributed by atoms with E-state index in [2.05, 4.69) is 20.6 Å². The lowest BCUT2D eigenvalue weighted by molar-refractivity contribution is -0.120. The molecular formula is C23H19F3N4O2. The van der Waals surface area contributed by atoms with Crippen LogP contribution in [0.15, 0.2) is 61.1 Å². The van der Waals surface area contributed by atoms with E-state index in [-0.39, 0.29) is 24.2 Å². The average Bonchev–Trinajstić information content (AvgIpc) is 3.14. The van der Waals surface area contributed by atoms with Gasteiger partial charge in [0.1, 0.15) is 11.6 Å². The molecule has 1 fully saturated rings. The molecule has 3 aromatic rings. The van der Waals surface area contributed by atoms with Crippen LogP contribution in [0.4, 0.5) is 24.7 Å². The number of amides is 2. The van der Waals surface area contributed by atoms with Crippen LogP contribution in [-0.2, 0) is 4.79 Å². The highest BCUT2D eigenvalue weighted by atomic mass is 19.3. The van der Waals surface area contributed by atoms with Crippen LogP contribution in [-0.4, -0.2) is 27.7 Å². The molecule has 0 spiro atoms. The Morgan fingerprint density at radius 3 is 2.62 bits per heavy atom. The Balaban J connectivity index is 1.45. The number of pyridine rings is 2. The van der Waals surface area contributed by atoms with Gasteiger partial charge in [0, 0.05) is 47.8 Å². The lowest BCUT2D eigenvalue weighted by Gasteiger charge is -2.12. The van der Waals surface area contributed by atoms with Crippen molar-refractivity contribution in [3.8, 4) is 11.1 Å². The van der Waals surface area contributed by atoms with E-state index in [4.69, 9.17) is 0 Å². The van der Waals surface area contributed by atoms with Crippen molar-refractivity contribution >= 4 is 23.3 Å². The van der Waals surface area contributed by atoms with Gasteiger partial charge in [-0.1, -0.05) is 18.2 Å². The van der Waals surface area contributed by atoms with Crippen molar-refractivity contribution in [2.24, 2.45) is 5.92 Å². The largest absolute Gasteiger partial charge is 0.321 e. The van der Waals surface area contributed by atoms with Crippen molar-refractivity contribution in [2.75, 3.05) is 10.6 Å². The molecule has 2 aromatic heterocycles. The first kappa shape index (κ1) is 21.5. The number of hydrogen-bond donors (Lipinski definition) is 2. The molecule has 4 rings (SSSR count). The lowest BCUT2D eigenvalue weighted by atomic mass is 10.1. The number of carbonyl (C=O) groups is 2. The Labute approximate surface area is 181 Å². The fourth-order valence-electron chi connectivity index (χ4n) is 3.60. The summed E-state index contributed by atoms with van der Waals surface area (Å²) in [6.07, 6.45) is 3.53. The smallest absolute Gasteiger partial charge is 0.255 e. The molecule has 9 heteroatoms. The second-order valence-corrected chi connectivity index (χ2v) is 7.61. The van der Waals surface area contributed by atoms with Crippen LogP contribution in [0.2, 0.25) is 0 Å². The molecule has 164 valence electrons. The molecule has 2 N–H and O–H groups in total. The molecule has 2 amide bonds. The standard InChI is InChI=1S/C23H19F3N4O2/c24-19-4-2-1-3-18(19)16-9-17(13-27-12-16)29-21(31)14-6-8-28-20(10-14)30-22(32)15-5-7-23(25,26)11-15/h1-4,6,8-10,12-13,15H,5,7,11H2,(H,29,31)(H,28,30,32). The Kier molecular flexibility index (Phi) is 5.89. The predicted molar refractivity (Wildman–Crippen MR) is 113 cm³/mol. The van der Waals surface area contributed by atoms with E-state index in [1.165, 1.54) is 36.8 Å². The van der Waals surface area contributed by atoms with Crippen molar-refractivity contribution < 1.29 is 22.8 Å². The van der Waals surface area contributed by atoms with Crippen molar-refractivity contribution in [3.05, 3.63) is 72.4 Å². The predicted octanol–water partition coefficient (Wildman–Crippen LogP) is 4.91. The van der Waals surface area contributed by atoms with Crippen molar-refractivity contribution in [1.29, 1.82) is 0 Å². The summed E-state index contributed by atoms with van der Waals surface area (Å²) in [7, 11) is 0. The van der Waals surface area contributed by atoms with Gasteiger partial charge in [0.25, 0.3) is 5.91 Å². The van der Waals surface area contributed by atoms with Crippen molar-refractivity contribution in [3.63, 3.8) is 0 Å². The van der Waals surface area contributed by atoms with Crippen LogP contribution in [0.1, 0.15) is 29.6 Å². The van der Waals surface area contributed by atoms with E-state index >= 15 is 0 Å². The number of benzene rings is 1. The van der Waals surface area contributed by atoms with Gasteiger partial charge in [-0.2, -0.15) is 0 Å². The molecule has 32 heavy (non-hydrogen) atoms. The van der Waals surface area contributed by atoms with Crippen LogP contribution < -0.4 is 10.6 Å². The van der Waals surface area contributed by atoms with Gasteiger partial charge in [-0.05, 0) is 30.7 Å². The molecule has 2 heterocycles. The number of nitrogens with one attached hydrogen (secondary N) is 2. The number of nitrogens with zero attached hydrogens (tertiary/aromatic N) is 2. The van der Waals surface area contributed by atoms with Crippen molar-refractivity contribution in [2.45, 2.75) is 25.2 Å². The highest BCUT2D eigenvalue weighted by molar-refractivity contribution is 6.05. The normalized spacial score (nSPS) is 17.0. The summed E-state index contributed by atoms with van der Waals surface area (Å²) in [5, 5.41) is 5.17. The van der Waals surface area contributed by atoms with Gasteiger partial charge in [0.2, 0.25) is 11.8 Å². The first-order valence-corrected chi connectivity index (χ1v) is 9.97. The summed E-state index contributed by atoms with van der Waals surface area (Å²) in [6.45, 7) is 0. The van der Waals surface area contributed by atoms with Gasteiger partial charge in [0.15, 0.2) is 0 Å². The molecule has 1 aliphatic rings. The second kappa shape index (κ2) is 8.78. The monoisotopic (exact) mass is 440 g/mol. The third kappa shape index (κ3) is 4.93. The van der Waals surface area contributed by atoms with Gasteiger partial charge < -0.3 is 10.6 Å². The molecule has 6 nitrogen and oxygen atoms in total. The number of aromatic nitrogens is 2. The first-order chi connectivity index (χ1) is 15.3. The van der Waals surface area contributed by atoms with Gasteiger partial charge in [-0.15, -0.1) is 0 Å². The van der Waals surface area contributed by atoms with Gasteiger partial charge >= 0.3 is 0 Å². The van der Waals surface area contributed by atoms with E-state index in [9.17, 15) is 22.8 Å². The maximum Gasteiger partial charge on any atom is 0.255 e. The third-order valence-electron chi connectivity index (χ3n) is 5.23. The summed E-state index contributed by atoms with van der Waals surface area (Å²) >= 11 is 0. The van der Waals surface area contributed by atoms with Crippen LogP contribution in [0.25, 0.3) is 11.1 Å². The summed E-state index contributed by atoms with van der Waals surface area (Å²) < 4.78 is 40.7. The van der Waals surface area contributed by atoms with E-state index in [0.29, 0.717) is 16.8 Å². The molecule has 1 unspecified atom stereocenters. The maximum atomic E-state index is 14.0. The van der Waals surface area contributed by atoms with E-state index in [0.717, 1.165) is 0 Å². The SMILES string of the molecule is O=C(Nc1cncc(-c2ccccc2F)c1)c1ccnc(NC(=O)C2CCC(F)(F)C2)c1. The lowest BCUT2D eigenvalue weighted by Crippen LogP contribution is -2.23. The zero-order valence-corrected chi connectivity index (χ0v) is 16.8. The van der Waals surface area contributed by atoms with Crippen molar-refractivity contribution in [1.82, 2.24) is 9.97 Å². The average molecular weight is 440 g/mol. The minimum Gasteiger partial charge on any atom is -0.321 e. The maximum absolute atomic E-state index is 14.0. The summed E-state index contributed by atoms with van der Waals surface area (Å²) in [4.78, 5) is 32.9. The molecule has 0 saturated heterocycles. The Morgan fingerprint density at radius 1 is 1.06 bits per heavy atom. The van der Waals surface area contributed by atoms with Crippen LogP contribution >= 0.6 is 0 Å². The number of carbonyl (C=O) groups excluding carboxylic acids is 2. The fourth-order valence-corrected chi connectivity index (χ4v) is 3.60. The molecule has 1 aliphatic carbocycles. The first-order valence-electron chi connectivity index (χ1n) is 9.97. The molecule has 1 atom stereocenters.